The number of nitrogens with one attached hydrogen (secondary N) is 2. The number of rotatable bonds is 10. The van der Waals surface area contributed by atoms with E-state index >= 15 is 0 Å². The Morgan fingerprint density at radius 2 is 1.73 bits per heavy atom. The van der Waals surface area contributed by atoms with Gasteiger partial charge in [-0.2, -0.15) is 5.10 Å². The molecule has 3 N–H and O–H groups in total. The molecule has 0 aliphatic carbocycles. The Hall–Kier alpha value is -5.44. The second-order valence-corrected chi connectivity index (χ2v) is 9.65. The lowest BCUT2D eigenvalue weighted by molar-refractivity contribution is 0.0943. The lowest BCUT2D eigenvalue weighted by Crippen LogP contribution is -2.31. The summed E-state index contributed by atoms with van der Waals surface area (Å²) in [5, 5.41) is 18.7. The van der Waals surface area contributed by atoms with Crippen molar-refractivity contribution >= 4 is 16.9 Å². The van der Waals surface area contributed by atoms with Gasteiger partial charge in [-0.15, -0.1) is 0 Å². The fourth-order valence-corrected chi connectivity index (χ4v) is 4.74. The summed E-state index contributed by atoms with van der Waals surface area (Å²) in [5.74, 6) is 1.16. The van der Waals surface area contributed by atoms with Crippen molar-refractivity contribution < 1.29 is 14.6 Å². The van der Waals surface area contributed by atoms with E-state index in [1.165, 1.54) is 12.4 Å². The monoisotopic (exact) mass is 544 g/mol. The maximum Gasteiger partial charge on any atom is 0.255 e. The summed E-state index contributed by atoms with van der Waals surface area (Å²) >= 11 is 0. The molecule has 6 rings (SSSR count). The van der Waals surface area contributed by atoms with E-state index < -0.39 is 0 Å². The third-order valence-electron chi connectivity index (χ3n) is 6.92. The third-order valence-corrected chi connectivity index (χ3v) is 6.92. The average molecular weight is 545 g/mol. The number of fused-ring (bicyclic) bond motifs is 1. The van der Waals surface area contributed by atoms with Gasteiger partial charge >= 0.3 is 0 Å². The quantitative estimate of drug-likeness (QED) is 0.197. The minimum Gasteiger partial charge on any atom is -0.507 e. The number of carbonyl (C=O) groups is 1. The first kappa shape index (κ1) is 25.8. The molecule has 204 valence electrons. The van der Waals surface area contributed by atoms with Crippen LogP contribution in [0, 0.1) is 0 Å². The van der Waals surface area contributed by atoms with Crippen LogP contribution in [0.15, 0.2) is 110 Å². The van der Waals surface area contributed by atoms with Crippen LogP contribution in [0.25, 0.3) is 22.3 Å². The number of aromatic hydroxyl groups is 1. The van der Waals surface area contributed by atoms with Crippen LogP contribution in [-0.2, 0) is 6.42 Å². The van der Waals surface area contributed by atoms with Gasteiger partial charge in [0.2, 0.25) is 0 Å². The standard InChI is InChI=1S/C32H28N6O3/c39-29-9-5-4-8-27(29)32(40)34-19-24(13-10-22-11-14-26(15-12-22)41-25-6-2-1-3-7-25)38-20-23(18-37-38)30-28-16-17-33-31(28)36-21-35-30/h1-9,11-12,14-18,20-21,24,39H,10,13,19H2,(H,34,40)(H,33,35,36). The highest BCUT2D eigenvalue weighted by Gasteiger charge is 2.18. The van der Waals surface area contributed by atoms with E-state index in [0.717, 1.165) is 45.8 Å². The first-order valence-corrected chi connectivity index (χ1v) is 13.3. The zero-order chi connectivity index (χ0) is 28.0. The molecule has 3 aromatic heterocycles. The van der Waals surface area contributed by atoms with Gasteiger partial charge in [-0.25, -0.2) is 9.97 Å². The molecule has 1 unspecified atom stereocenters. The van der Waals surface area contributed by atoms with Crippen LogP contribution >= 0.6 is 0 Å². The number of phenols is 1. The maximum absolute atomic E-state index is 12.9. The van der Waals surface area contributed by atoms with Crippen molar-refractivity contribution in [2.45, 2.75) is 18.9 Å². The highest BCUT2D eigenvalue weighted by molar-refractivity contribution is 5.96. The Morgan fingerprint density at radius 1 is 0.951 bits per heavy atom. The van der Waals surface area contributed by atoms with Gasteiger partial charge in [-0.1, -0.05) is 42.5 Å². The minimum atomic E-state index is -0.340. The van der Waals surface area contributed by atoms with Gasteiger partial charge in [-0.05, 0) is 60.9 Å². The summed E-state index contributed by atoms with van der Waals surface area (Å²) in [6, 6.07) is 26.0. The Balaban J connectivity index is 1.19. The van der Waals surface area contributed by atoms with Crippen molar-refractivity contribution in [3.05, 3.63) is 121 Å². The molecule has 3 aromatic carbocycles. The second-order valence-electron chi connectivity index (χ2n) is 9.65. The van der Waals surface area contributed by atoms with Crippen molar-refractivity contribution in [2.75, 3.05) is 6.54 Å². The number of para-hydroxylation sites is 2. The summed E-state index contributed by atoms with van der Waals surface area (Å²) in [6.45, 7) is 0.326. The number of ether oxygens (including phenoxy) is 1. The van der Waals surface area contributed by atoms with E-state index in [4.69, 9.17) is 4.74 Å². The molecule has 9 nitrogen and oxygen atoms in total. The van der Waals surface area contributed by atoms with Crippen molar-refractivity contribution in [2.24, 2.45) is 0 Å². The van der Waals surface area contributed by atoms with Gasteiger partial charge in [0.25, 0.3) is 5.91 Å². The van der Waals surface area contributed by atoms with E-state index in [9.17, 15) is 9.90 Å². The molecule has 0 spiro atoms. The molecular formula is C32H28N6O3. The van der Waals surface area contributed by atoms with Crippen LogP contribution in [0.5, 0.6) is 17.2 Å². The molecule has 0 bridgehead atoms. The molecule has 0 saturated carbocycles. The number of aryl methyl sites for hydroxylation is 1. The minimum absolute atomic E-state index is 0.0555. The predicted octanol–water partition coefficient (Wildman–Crippen LogP) is 5.92. The number of hydrogen-bond acceptors (Lipinski definition) is 6. The normalized spacial score (nSPS) is 11.8. The number of H-pyrrole nitrogens is 1. The number of nitrogens with zero attached hydrogens (tertiary/aromatic N) is 4. The number of aromatic amines is 1. The molecular weight excluding hydrogens is 516 g/mol. The van der Waals surface area contributed by atoms with Crippen LogP contribution in [0.3, 0.4) is 0 Å². The van der Waals surface area contributed by atoms with Crippen LogP contribution < -0.4 is 10.1 Å². The van der Waals surface area contributed by atoms with E-state index in [1.54, 1.807) is 24.4 Å². The third kappa shape index (κ3) is 5.94. The maximum atomic E-state index is 12.9. The summed E-state index contributed by atoms with van der Waals surface area (Å²) < 4.78 is 7.79. The zero-order valence-electron chi connectivity index (χ0n) is 22.1. The Labute approximate surface area is 236 Å². The number of carbonyl (C=O) groups excluding carboxylic acids is 1. The van der Waals surface area contributed by atoms with Gasteiger partial charge in [-0.3, -0.25) is 9.48 Å². The van der Waals surface area contributed by atoms with E-state index in [0.29, 0.717) is 13.0 Å². The van der Waals surface area contributed by atoms with E-state index in [-0.39, 0.29) is 23.3 Å². The molecule has 41 heavy (non-hydrogen) atoms. The summed E-state index contributed by atoms with van der Waals surface area (Å²) in [5.41, 5.74) is 3.77. The predicted molar refractivity (Wildman–Crippen MR) is 156 cm³/mol. The van der Waals surface area contributed by atoms with Crippen molar-refractivity contribution in [3.8, 4) is 28.5 Å². The molecule has 6 aromatic rings. The molecule has 0 fully saturated rings. The summed E-state index contributed by atoms with van der Waals surface area (Å²) in [6.07, 6.45) is 8.56. The van der Waals surface area contributed by atoms with E-state index in [1.807, 2.05) is 77.7 Å². The average Bonchev–Trinajstić information content (AvgIpc) is 3.69. The SMILES string of the molecule is O=C(NCC(CCc1ccc(Oc2ccccc2)cc1)n1cc(-c2ncnc3[nH]ccc23)cn1)c1ccccc1O. The van der Waals surface area contributed by atoms with Gasteiger partial charge in [0.1, 0.15) is 29.2 Å². The van der Waals surface area contributed by atoms with Crippen molar-refractivity contribution in [1.82, 2.24) is 30.0 Å². The highest BCUT2D eigenvalue weighted by Crippen LogP contribution is 2.27. The first-order chi connectivity index (χ1) is 20.1. The van der Waals surface area contributed by atoms with Crippen LogP contribution in [-0.4, -0.2) is 42.3 Å². The molecule has 0 aliphatic heterocycles. The summed E-state index contributed by atoms with van der Waals surface area (Å²) in [4.78, 5) is 24.7. The fraction of sp³-hybridized carbons (Fsp3) is 0.125. The van der Waals surface area contributed by atoms with Crippen LogP contribution in [0.1, 0.15) is 28.4 Å². The number of amides is 1. The highest BCUT2D eigenvalue weighted by atomic mass is 16.5. The van der Waals surface area contributed by atoms with Gasteiger partial charge in [0, 0.05) is 29.9 Å². The number of aromatic nitrogens is 5. The fourth-order valence-electron chi connectivity index (χ4n) is 4.74. The Bertz CT molecular complexity index is 1760. The number of benzene rings is 3. The number of hydrogen-bond donors (Lipinski definition) is 3. The molecule has 0 radical (unpaired) electrons. The van der Waals surface area contributed by atoms with Gasteiger partial charge < -0.3 is 20.1 Å². The summed E-state index contributed by atoms with van der Waals surface area (Å²) in [7, 11) is 0. The second kappa shape index (κ2) is 11.7. The van der Waals surface area contributed by atoms with Crippen LogP contribution in [0.2, 0.25) is 0 Å². The lowest BCUT2D eigenvalue weighted by Gasteiger charge is -2.19. The molecule has 9 heteroatoms. The van der Waals surface area contributed by atoms with Crippen molar-refractivity contribution in [1.29, 1.82) is 0 Å². The Kier molecular flexibility index (Phi) is 7.40. The smallest absolute Gasteiger partial charge is 0.255 e. The zero-order valence-corrected chi connectivity index (χ0v) is 22.1. The van der Waals surface area contributed by atoms with Crippen molar-refractivity contribution in [3.63, 3.8) is 0 Å². The number of phenolic OH excluding ortho intramolecular Hbond substituents is 1. The molecule has 3 heterocycles. The Morgan fingerprint density at radius 3 is 2.56 bits per heavy atom. The van der Waals surface area contributed by atoms with Crippen LogP contribution in [0.4, 0.5) is 0 Å². The first-order valence-electron chi connectivity index (χ1n) is 13.3. The molecule has 0 saturated heterocycles. The van der Waals surface area contributed by atoms with Gasteiger partial charge in [0.05, 0.1) is 23.5 Å². The lowest BCUT2D eigenvalue weighted by atomic mass is 10.0. The topological polar surface area (TPSA) is 118 Å². The largest absolute Gasteiger partial charge is 0.507 e. The molecule has 1 amide bonds. The van der Waals surface area contributed by atoms with Gasteiger partial charge in [0.15, 0.2) is 0 Å². The van der Waals surface area contributed by atoms with E-state index in [2.05, 4.69) is 25.4 Å². The molecule has 1 atom stereocenters. The molecule has 0 aliphatic rings.